The Morgan fingerprint density at radius 2 is 1.91 bits per heavy atom. The Bertz CT molecular complexity index is 1450. The Kier molecular flexibility index (Phi) is 5.81. The highest BCUT2D eigenvalue weighted by Crippen LogP contribution is 2.35. The van der Waals surface area contributed by atoms with Crippen molar-refractivity contribution in [2.75, 3.05) is 6.61 Å². The van der Waals surface area contributed by atoms with Crippen LogP contribution in [0.4, 0.5) is 0 Å². The van der Waals surface area contributed by atoms with Crippen LogP contribution < -0.4 is 4.74 Å². The number of aromatic nitrogens is 6. The summed E-state index contributed by atoms with van der Waals surface area (Å²) in [6, 6.07) is 16.4. The number of nitrogens with one attached hydrogen (secondary N) is 1. The third-order valence-corrected chi connectivity index (χ3v) is 6.56. The number of thiophene rings is 1. The molecule has 0 unspecified atom stereocenters. The van der Waals surface area contributed by atoms with Gasteiger partial charge in [-0.2, -0.15) is 10.2 Å². The first-order valence-electron chi connectivity index (χ1n) is 10.8. The summed E-state index contributed by atoms with van der Waals surface area (Å²) < 4.78 is 7.74. The number of ether oxygens (including phenoxy) is 1. The number of rotatable bonds is 8. The molecule has 2 aromatic carbocycles. The molecule has 34 heavy (non-hydrogen) atoms. The van der Waals surface area contributed by atoms with Gasteiger partial charge in [0.05, 0.1) is 18.7 Å². The number of carboxylic acids is 1. The van der Waals surface area contributed by atoms with Gasteiger partial charge >= 0.3 is 5.97 Å². The van der Waals surface area contributed by atoms with Crippen LogP contribution >= 0.6 is 11.3 Å². The maximum Gasteiger partial charge on any atom is 0.348 e. The molecule has 0 bridgehead atoms. The highest BCUT2D eigenvalue weighted by molar-refractivity contribution is 7.15. The first-order chi connectivity index (χ1) is 16.6. The topological polar surface area (TPSA) is 119 Å². The van der Waals surface area contributed by atoms with E-state index in [0.717, 1.165) is 33.6 Å². The number of hydrogen-bond acceptors (Lipinski definition) is 7. The van der Waals surface area contributed by atoms with Gasteiger partial charge < -0.3 is 9.84 Å². The van der Waals surface area contributed by atoms with Crippen molar-refractivity contribution in [3.63, 3.8) is 0 Å². The predicted octanol–water partition coefficient (Wildman–Crippen LogP) is 4.79. The Labute approximate surface area is 199 Å². The number of H-pyrrole nitrogens is 1. The average molecular weight is 475 g/mol. The van der Waals surface area contributed by atoms with Crippen molar-refractivity contribution in [1.29, 1.82) is 0 Å². The fraction of sp³-hybridized carbons (Fsp3) is 0.208. The third-order valence-electron chi connectivity index (χ3n) is 5.48. The van der Waals surface area contributed by atoms with Gasteiger partial charge in [-0.1, -0.05) is 55.5 Å². The number of aryl methyl sites for hydroxylation is 1. The molecule has 0 aliphatic heterocycles. The summed E-state index contributed by atoms with van der Waals surface area (Å²) in [4.78, 5) is 17.7. The van der Waals surface area contributed by atoms with E-state index in [1.54, 1.807) is 0 Å². The van der Waals surface area contributed by atoms with Gasteiger partial charge in [0.15, 0.2) is 0 Å². The Morgan fingerprint density at radius 3 is 2.59 bits per heavy atom. The van der Waals surface area contributed by atoms with Crippen LogP contribution in [0.5, 0.6) is 6.01 Å². The van der Waals surface area contributed by atoms with Crippen molar-refractivity contribution < 1.29 is 14.6 Å². The lowest BCUT2D eigenvalue weighted by Crippen LogP contribution is -2.07. The number of aromatic carboxylic acids is 1. The lowest BCUT2D eigenvalue weighted by Gasteiger charge is -2.11. The van der Waals surface area contributed by atoms with Crippen LogP contribution in [0.15, 0.2) is 48.5 Å². The Morgan fingerprint density at radius 1 is 1.15 bits per heavy atom. The Balaban J connectivity index is 1.52. The van der Waals surface area contributed by atoms with Crippen molar-refractivity contribution >= 4 is 28.3 Å². The molecule has 0 fully saturated rings. The highest BCUT2D eigenvalue weighted by Gasteiger charge is 2.24. The van der Waals surface area contributed by atoms with E-state index in [2.05, 4.69) is 25.6 Å². The normalized spacial score (nSPS) is 11.2. The zero-order valence-electron chi connectivity index (χ0n) is 18.6. The summed E-state index contributed by atoms with van der Waals surface area (Å²) in [5.74, 6) is -0.424. The van der Waals surface area contributed by atoms with Gasteiger partial charge in [-0.05, 0) is 35.2 Å². The van der Waals surface area contributed by atoms with Crippen LogP contribution in [0.25, 0.3) is 33.5 Å². The van der Waals surface area contributed by atoms with Crippen molar-refractivity contribution in [1.82, 2.24) is 30.2 Å². The van der Waals surface area contributed by atoms with E-state index in [4.69, 9.17) is 4.74 Å². The van der Waals surface area contributed by atoms with E-state index in [0.29, 0.717) is 36.0 Å². The average Bonchev–Trinajstić information content (AvgIpc) is 3.57. The lowest BCUT2D eigenvalue weighted by atomic mass is 9.98. The molecule has 0 amide bonds. The van der Waals surface area contributed by atoms with Crippen LogP contribution in [0.2, 0.25) is 0 Å². The van der Waals surface area contributed by atoms with Gasteiger partial charge in [0.2, 0.25) is 5.82 Å². The van der Waals surface area contributed by atoms with E-state index in [-0.39, 0.29) is 4.88 Å². The van der Waals surface area contributed by atoms with Crippen molar-refractivity contribution in [2.45, 2.75) is 26.8 Å². The molecule has 5 rings (SSSR count). The quantitative estimate of drug-likeness (QED) is 0.332. The summed E-state index contributed by atoms with van der Waals surface area (Å²) in [5, 5.41) is 24.1. The number of fused-ring (bicyclic) bond motifs is 1. The number of benzene rings is 2. The van der Waals surface area contributed by atoms with Crippen molar-refractivity contribution in [2.24, 2.45) is 0 Å². The number of imidazole rings is 1. The minimum Gasteiger partial charge on any atom is -0.477 e. The van der Waals surface area contributed by atoms with Crippen molar-refractivity contribution in [3.8, 4) is 28.5 Å². The number of hydrogen-bond donors (Lipinski definition) is 2. The smallest absolute Gasteiger partial charge is 0.348 e. The maximum absolute atomic E-state index is 11.9. The molecule has 0 saturated carbocycles. The van der Waals surface area contributed by atoms with Gasteiger partial charge in [-0.15, -0.1) is 21.5 Å². The van der Waals surface area contributed by atoms with Crippen LogP contribution in [0.1, 0.15) is 33.5 Å². The van der Waals surface area contributed by atoms with E-state index < -0.39 is 5.97 Å². The first-order valence-corrected chi connectivity index (χ1v) is 11.7. The molecule has 9 nitrogen and oxygen atoms in total. The predicted molar refractivity (Wildman–Crippen MR) is 129 cm³/mol. The Hall–Kier alpha value is -4.05. The number of aromatic amines is 1. The summed E-state index contributed by atoms with van der Waals surface area (Å²) in [7, 11) is 0. The van der Waals surface area contributed by atoms with Crippen molar-refractivity contribution in [3.05, 3.63) is 63.8 Å². The van der Waals surface area contributed by atoms with E-state index in [1.165, 1.54) is 11.3 Å². The molecule has 2 N–H and O–H groups in total. The van der Waals surface area contributed by atoms with Gasteiger partial charge in [-0.25, -0.2) is 4.79 Å². The molecule has 0 atom stereocenters. The van der Waals surface area contributed by atoms with E-state index >= 15 is 0 Å². The lowest BCUT2D eigenvalue weighted by molar-refractivity contribution is 0.0703. The molecule has 0 aliphatic carbocycles. The molecule has 3 heterocycles. The van der Waals surface area contributed by atoms with E-state index in [9.17, 15) is 9.90 Å². The first kappa shape index (κ1) is 21.8. The monoisotopic (exact) mass is 474 g/mol. The fourth-order valence-electron chi connectivity index (χ4n) is 3.93. The molecule has 0 spiro atoms. The van der Waals surface area contributed by atoms with Gasteiger partial charge in [0.25, 0.3) is 6.01 Å². The standard InChI is InChI=1S/C24H22N6O3S/c1-3-12-33-24-25-19-14(2)34-21(23(31)32)20(19)30(24)13-15-8-10-16(11-9-15)17-6-4-5-7-18(17)22-26-28-29-27-22/h4-11H,3,12-13H2,1-2H3,(H,31,32)(H,26,27,28,29). The minimum absolute atomic E-state index is 0.275. The molecular formula is C24H22N6O3S. The summed E-state index contributed by atoms with van der Waals surface area (Å²) in [6.07, 6.45) is 0.832. The van der Waals surface area contributed by atoms with E-state index in [1.807, 2.05) is 66.9 Å². The molecule has 172 valence electrons. The largest absolute Gasteiger partial charge is 0.477 e. The molecule has 5 aromatic rings. The second-order valence-corrected chi connectivity index (χ2v) is 9.02. The van der Waals surface area contributed by atoms with Crippen LogP contribution in [-0.2, 0) is 6.54 Å². The molecular weight excluding hydrogens is 452 g/mol. The summed E-state index contributed by atoms with van der Waals surface area (Å²) >= 11 is 1.24. The van der Waals surface area contributed by atoms with Crippen LogP contribution in [-0.4, -0.2) is 47.9 Å². The SMILES string of the molecule is CCCOc1nc2c(C)sc(C(=O)O)c2n1Cc1ccc(-c2ccccc2-c2nn[nH]n2)cc1. The second-order valence-electron chi connectivity index (χ2n) is 7.80. The van der Waals surface area contributed by atoms with Crippen LogP contribution in [0.3, 0.4) is 0 Å². The molecule has 10 heteroatoms. The number of nitrogens with zero attached hydrogens (tertiary/aromatic N) is 5. The maximum atomic E-state index is 11.9. The zero-order valence-corrected chi connectivity index (χ0v) is 19.5. The second kappa shape index (κ2) is 9.06. The fourth-order valence-corrected chi connectivity index (χ4v) is 4.87. The molecule has 3 aromatic heterocycles. The summed E-state index contributed by atoms with van der Waals surface area (Å²) in [5.41, 5.74) is 5.18. The number of carbonyl (C=O) groups is 1. The van der Waals surface area contributed by atoms with Gasteiger partial charge in [0, 0.05) is 10.4 Å². The molecule has 0 aliphatic rings. The highest BCUT2D eigenvalue weighted by atomic mass is 32.1. The van der Waals surface area contributed by atoms with Gasteiger partial charge in [0.1, 0.15) is 10.4 Å². The zero-order chi connectivity index (χ0) is 23.7. The summed E-state index contributed by atoms with van der Waals surface area (Å²) in [6.45, 7) is 4.86. The molecule has 0 saturated heterocycles. The minimum atomic E-state index is -0.959. The van der Waals surface area contributed by atoms with Crippen LogP contribution in [0, 0.1) is 6.92 Å². The van der Waals surface area contributed by atoms with Gasteiger partial charge in [-0.3, -0.25) is 4.57 Å². The molecule has 0 radical (unpaired) electrons. The number of carboxylic acid groups (broad SMARTS) is 1. The number of tetrazole rings is 1. The third kappa shape index (κ3) is 3.92.